The molecular weight excluding hydrogens is 246 g/mol. The van der Waals surface area contributed by atoms with Crippen LogP contribution >= 0.6 is 0 Å². The molecule has 5 heteroatoms. The molecule has 108 valence electrons. The van der Waals surface area contributed by atoms with Crippen molar-refractivity contribution in [2.24, 2.45) is 5.92 Å². The summed E-state index contributed by atoms with van der Waals surface area (Å²) >= 11 is 0. The van der Waals surface area contributed by atoms with E-state index in [1.807, 2.05) is 19.9 Å². The zero-order valence-electron chi connectivity index (χ0n) is 12.3. The Kier molecular flexibility index (Phi) is 4.61. The number of amides is 1. The molecule has 19 heavy (non-hydrogen) atoms. The highest BCUT2D eigenvalue weighted by Crippen LogP contribution is 2.26. The van der Waals surface area contributed by atoms with Crippen molar-refractivity contribution in [2.45, 2.75) is 52.7 Å². The van der Waals surface area contributed by atoms with Crippen molar-refractivity contribution in [3.05, 3.63) is 11.6 Å². The molecule has 1 unspecified atom stereocenters. The first kappa shape index (κ1) is 15.5. The van der Waals surface area contributed by atoms with E-state index in [4.69, 9.17) is 4.74 Å². The number of aliphatic carboxylic acids is 1. The van der Waals surface area contributed by atoms with E-state index in [9.17, 15) is 14.7 Å². The Morgan fingerprint density at radius 1 is 1.42 bits per heavy atom. The molecule has 0 aliphatic carbocycles. The van der Waals surface area contributed by atoms with Crippen molar-refractivity contribution in [1.29, 1.82) is 0 Å². The summed E-state index contributed by atoms with van der Waals surface area (Å²) in [6.45, 7) is 9.54. The lowest BCUT2D eigenvalue weighted by molar-refractivity contribution is -0.142. The summed E-state index contributed by atoms with van der Waals surface area (Å²) in [5.41, 5.74) is 0.142. The van der Waals surface area contributed by atoms with Gasteiger partial charge in [-0.2, -0.15) is 0 Å². The van der Waals surface area contributed by atoms with Crippen LogP contribution in [0.1, 0.15) is 41.0 Å². The number of rotatable bonds is 2. The van der Waals surface area contributed by atoms with Crippen molar-refractivity contribution < 1.29 is 19.4 Å². The molecule has 1 aliphatic heterocycles. The lowest BCUT2D eigenvalue weighted by Gasteiger charge is -2.36. The van der Waals surface area contributed by atoms with Crippen LogP contribution in [0.25, 0.3) is 0 Å². The van der Waals surface area contributed by atoms with E-state index in [1.54, 1.807) is 20.8 Å². The molecule has 5 nitrogen and oxygen atoms in total. The van der Waals surface area contributed by atoms with Crippen LogP contribution in [0.2, 0.25) is 0 Å². The normalized spacial score (nSPS) is 20.2. The first-order valence-electron chi connectivity index (χ1n) is 6.56. The van der Waals surface area contributed by atoms with E-state index >= 15 is 0 Å². The minimum Gasteiger partial charge on any atom is -0.479 e. The Morgan fingerprint density at radius 3 is 2.42 bits per heavy atom. The highest BCUT2D eigenvalue weighted by Gasteiger charge is 2.37. The maximum atomic E-state index is 12.1. The van der Waals surface area contributed by atoms with E-state index in [1.165, 1.54) is 4.90 Å². The molecule has 0 aromatic rings. The molecule has 1 rings (SSSR count). The second kappa shape index (κ2) is 5.63. The monoisotopic (exact) mass is 269 g/mol. The number of hydrogen-bond donors (Lipinski definition) is 1. The topological polar surface area (TPSA) is 66.8 Å². The molecule has 0 saturated carbocycles. The van der Waals surface area contributed by atoms with Crippen molar-refractivity contribution in [3.63, 3.8) is 0 Å². The van der Waals surface area contributed by atoms with Crippen molar-refractivity contribution in [2.75, 3.05) is 6.54 Å². The van der Waals surface area contributed by atoms with Gasteiger partial charge in [0.1, 0.15) is 5.60 Å². The second-order valence-electron chi connectivity index (χ2n) is 6.06. The van der Waals surface area contributed by atoms with Gasteiger partial charge in [0, 0.05) is 6.54 Å². The van der Waals surface area contributed by atoms with Gasteiger partial charge in [0.05, 0.1) is 0 Å². The van der Waals surface area contributed by atoms with Gasteiger partial charge in [-0.1, -0.05) is 19.9 Å². The molecule has 0 saturated heterocycles. The third kappa shape index (κ3) is 3.98. The highest BCUT2D eigenvalue weighted by molar-refractivity contribution is 5.83. The third-order valence-corrected chi connectivity index (χ3v) is 2.91. The summed E-state index contributed by atoms with van der Waals surface area (Å²) < 4.78 is 5.28. The fourth-order valence-electron chi connectivity index (χ4n) is 2.14. The quantitative estimate of drug-likeness (QED) is 0.783. The Morgan fingerprint density at radius 2 is 2.00 bits per heavy atom. The van der Waals surface area contributed by atoms with Crippen LogP contribution in [0.5, 0.6) is 0 Å². The molecule has 0 spiro atoms. The van der Waals surface area contributed by atoms with E-state index in [2.05, 4.69) is 0 Å². The van der Waals surface area contributed by atoms with Crippen LogP contribution in [0, 0.1) is 5.92 Å². The predicted octanol–water partition coefficient (Wildman–Crippen LogP) is 2.66. The van der Waals surface area contributed by atoms with Gasteiger partial charge in [-0.05, 0) is 38.7 Å². The summed E-state index contributed by atoms with van der Waals surface area (Å²) in [4.78, 5) is 24.9. The highest BCUT2D eigenvalue weighted by atomic mass is 16.6. The van der Waals surface area contributed by atoms with Gasteiger partial charge in [-0.3, -0.25) is 4.90 Å². The van der Waals surface area contributed by atoms with Crippen LogP contribution < -0.4 is 0 Å². The summed E-state index contributed by atoms with van der Waals surface area (Å²) in [6, 6.07) is -0.913. The Bertz CT molecular complexity index is 393. The zero-order valence-corrected chi connectivity index (χ0v) is 12.3. The van der Waals surface area contributed by atoms with Crippen LogP contribution in [0.3, 0.4) is 0 Å². The van der Waals surface area contributed by atoms with Crippen LogP contribution in [-0.4, -0.2) is 40.3 Å². The fraction of sp³-hybridized carbons (Fsp3) is 0.714. The standard InChI is InChI=1S/C14H23NO4/c1-9(2)10-7-6-8-15(11(10)12(16)17)13(18)19-14(3,4)5/h7,9,11H,6,8H2,1-5H3,(H,16,17). The minimum atomic E-state index is -1.01. The second-order valence-corrected chi connectivity index (χ2v) is 6.06. The average Bonchev–Trinajstić information content (AvgIpc) is 2.25. The smallest absolute Gasteiger partial charge is 0.411 e. The van der Waals surface area contributed by atoms with Gasteiger partial charge in [0.25, 0.3) is 0 Å². The summed E-state index contributed by atoms with van der Waals surface area (Å²) in [5, 5.41) is 9.38. The number of carbonyl (C=O) groups is 2. The van der Waals surface area contributed by atoms with Crippen LogP contribution in [0.4, 0.5) is 4.79 Å². The van der Waals surface area contributed by atoms with Crippen molar-refractivity contribution >= 4 is 12.1 Å². The zero-order chi connectivity index (χ0) is 14.8. The van der Waals surface area contributed by atoms with E-state index in [0.29, 0.717) is 13.0 Å². The first-order valence-corrected chi connectivity index (χ1v) is 6.56. The van der Waals surface area contributed by atoms with Gasteiger partial charge >= 0.3 is 12.1 Å². The SMILES string of the molecule is CC(C)C1=CCCN(C(=O)OC(C)(C)C)C1C(=O)O. The van der Waals surface area contributed by atoms with Crippen LogP contribution in [0.15, 0.2) is 11.6 Å². The molecule has 0 aromatic heterocycles. The van der Waals surface area contributed by atoms with Gasteiger partial charge < -0.3 is 9.84 Å². The number of carboxylic acid groups (broad SMARTS) is 1. The maximum Gasteiger partial charge on any atom is 0.411 e. The predicted molar refractivity (Wildman–Crippen MR) is 71.9 cm³/mol. The Labute approximate surface area is 114 Å². The summed E-state index contributed by atoms with van der Waals surface area (Å²) in [7, 11) is 0. The lowest BCUT2D eigenvalue weighted by Crippen LogP contribution is -2.50. The van der Waals surface area contributed by atoms with Gasteiger partial charge in [0.2, 0.25) is 0 Å². The molecule has 1 aliphatic rings. The molecular formula is C14H23NO4. The number of carboxylic acids is 1. The molecule has 1 N–H and O–H groups in total. The first-order chi connectivity index (χ1) is 8.63. The number of carbonyl (C=O) groups excluding carboxylic acids is 1. The molecule has 0 fully saturated rings. The maximum absolute atomic E-state index is 12.1. The molecule has 0 radical (unpaired) electrons. The number of ether oxygens (including phenoxy) is 1. The molecule has 1 atom stereocenters. The van der Waals surface area contributed by atoms with Gasteiger partial charge in [-0.25, -0.2) is 9.59 Å². The largest absolute Gasteiger partial charge is 0.479 e. The minimum absolute atomic E-state index is 0.0892. The van der Waals surface area contributed by atoms with Crippen LogP contribution in [-0.2, 0) is 9.53 Å². The molecule has 1 heterocycles. The number of nitrogens with zero attached hydrogens (tertiary/aromatic N) is 1. The summed E-state index contributed by atoms with van der Waals surface area (Å²) in [5.74, 6) is -0.920. The Hall–Kier alpha value is -1.52. The van der Waals surface area contributed by atoms with E-state index in [-0.39, 0.29) is 5.92 Å². The van der Waals surface area contributed by atoms with E-state index in [0.717, 1.165) is 5.57 Å². The fourth-order valence-corrected chi connectivity index (χ4v) is 2.14. The molecule has 0 bridgehead atoms. The summed E-state index contributed by atoms with van der Waals surface area (Å²) in [6.07, 6.45) is 2.02. The third-order valence-electron chi connectivity index (χ3n) is 2.91. The van der Waals surface area contributed by atoms with E-state index < -0.39 is 23.7 Å². The van der Waals surface area contributed by atoms with Gasteiger partial charge in [-0.15, -0.1) is 0 Å². The molecule has 1 amide bonds. The number of hydrogen-bond acceptors (Lipinski definition) is 3. The molecule has 0 aromatic carbocycles. The average molecular weight is 269 g/mol. The Balaban J connectivity index is 2.97. The van der Waals surface area contributed by atoms with Gasteiger partial charge in [0.15, 0.2) is 6.04 Å². The van der Waals surface area contributed by atoms with Crippen molar-refractivity contribution in [1.82, 2.24) is 4.90 Å². The van der Waals surface area contributed by atoms with Crippen molar-refractivity contribution in [3.8, 4) is 0 Å². The lowest BCUT2D eigenvalue weighted by atomic mass is 9.91.